The maximum atomic E-state index is 10.9. The minimum atomic E-state index is -0.601. The van der Waals surface area contributed by atoms with Gasteiger partial charge in [0, 0.05) is 16.3 Å². The van der Waals surface area contributed by atoms with Crippen LogP contribution >= 0.6 is 9.24 Å². The highest BCUT2D eigenvalue weighted by Gasteiger charge is 2.33. The minimum absolute atomic E-state index is 0.157. The number of benzene rings is 2. The van der Waals surface area contributed by atoms with Crippen LogP contribution in [0, 0.1) is 0 Å². The van der Waals surface area contributed by atoms with Crippen molar-refractivity contribution in [1.82, 2.24) is 0 Å². The smallest absolute Gasteiger partial charge is 0.123 e. The highest BCUT2D eigenvalue weighted by atomic mass is 31.0. The standard InChI is InChI=1S/C22H31O2P/c1-20(2,3)14-10-8-12-16(18(14)23)22(7,25)17-13-9-11-15(19(17)24)21(4,5)6/h8-13,23-24H,25H2,1-7H3. The summed E-state index contributed by atoms with van der Waals surface area (Å²) in [5.74, 6) is 0.598. The summed E-state index contributed by atoms with van der Waals surface area (Å²) in [6.07, 6.45) is 0. The van der Waals surface area contributed by atoms with Crippen molar-refractivity contribution in [3.05, 3.63) is 58.7 Å². The van der Waals surface area contributed by atoms with Crippen LogP contribution in [0.3, 0.4) is 0 Å². The third-order valence-corrected chi connectivity index (χ3v) is 5.43. The molecule has 3 heteroatoms. The van der Waals surface area contributed by atoms with E-state index in [9.17, 15) is 10.2 Å². The molecule has 2 aromatic carbocycles. The van der Waals surface area contributed by atoms with Crippen molar-refractivity contribution in [2.75, 3.05) is 0 Å². The average molecular weight is 358 g/mol. The second-order valence-corrected chi connectivity index (χ2v) is 10.3. The lowest BCUT2D eigenvalue weighted by molar-refractivity contribution is 0.426. The van der Waals surface area contributed by atoms with Gasteiger partial charge in [0.1, 0.15) is 11.5 Å². The molecule has 0 fully saturated rings. The third-order valence-electron chi connectivity index (χ3n) is 4.81. The second kappa shape index (κ2) is 6.32. The van der Waals surface area contributed by atoms with E-state index in [1.54, 1.807) is 0 Å². The summed E-state index contributed by atoms with van der Waals surface area (Å²) in [4.78, 5) is 0. The van der Waals surface area contributed by atoms with Crippen molar-refractivity contribution in [2.45, 2.75) is 64.5 Å². The zero-order chi connectivity index (χ0) is 19.2. The Kier molecular flexibility index (Phi) is 5.01. The molecule has 0 radical (unpaired) electrons. The highest BCUT2D eigenvalue weighted by molar-refractivity contribution is 7.19. The fourth-order valence-corrected chi connectivity index (χ4v) is 3.75. The lowest BCUT2D eigenvalue weighted by Crippen LogP contribution is -2.20. The molecule has 136 valence electrons. The Morgan fingerprint density at radius 2 is 0.880 bits per heavy atom. The summed E-state index contributed by atoms with van der Waals surface area (Å²) in [5.41, 5.74) is 3.10. The number of phenolic OH excluding ortho intramolecular Hbond substituents is 2. The summed E-state index contributed by atoms with van der Waals surface area (Å²) in [6, 6.07) is 11.7. The summed E-state index contributed by atoms with van der Waals surface area (Å²) in [7, 11) is 2.82. The molecule has 0 aliphatic rings. The van der Waals surface area contributed by atoms with Gasteiger partial charge >= 0.3 is 0 Å². The Bertz CT molecular complexity index is 712. The first-order valence-corrected chi connectivity index (χ1v) is 9.30. The van der Waals surface area contributed by atoms with Crippen LogP contribution in [0.5, 0.6) is 11.5 Å². The van der Waals surface area contributed by atoms with Gasteiger partial charge in [0.15, 0.2) is 0 Å². The van der Waals surface area contributed by atoms with E-state index in [-0.39, 0.29) is 10.8 Å². The van der Waals surface area contributed by atoms with Crippen LogP contribution in [0.4, 0.5) is 0 Å². The molecule has 2 N–H and O–H groups in total. The Morgan fingerprint density at radius 3 is 1.16 bits per heavy atom. The van der Waals surface area contributed by atoms with Crippen molar-refractivity contribution in [3.63, 3.8) is 0 Å². The monoisotopic (exact) mass is 358 g/mol. The SMILES string of the molecule is CC(C)(C)c1cccc(C(C)(P)c2cccc(C(C)(C)C)c2O)c1O. The molecule has 0 spiro atoms. The Labute approximate surface area is 154 Å². The summed E-state index contributed by atoms with van der Waals surface area (Å²) in [6.45, 7) is 14.5. The van der Waals surface area contributed by atoms with Crippen LogP contribution in [0.2, 0.25) is 0 Å². The van der Waals surface area contributed by atoms with Gasteiger partial charge in [-0.15, -0.1) is 9.24 Å². The summed E-state index contributed by atoms with van der Waals surface area (Å²) in [5, 5.41) is 21.3. The maximum Gasteiger partial charge on any atom is 0.123 e. The van der Waals surface area contributed by atoms with E-state index in [4.69, 9.17) is 0 Å². The van der Waals surface area contributed by atoms with Crippen LogP contribution in [0.1, 0.15) is 70.7 Å². The lowest BCUT2D eigenvalue weighted by atomic mass is 9.79. The first-order valence-electron chi connectivity index (χ1n) is 8.72. The van der Waals surface area contributed by atoms with Crippen LogP contribution < -0.4 is 0 Å². The highest BCUT2D eigenvalue weighted by Crippen LogP contribution is 2.49. The molecule has 0 bridgehead atoms. The number of hydrogen-bond donors (Lipinski definition) is 2. The predicted octanol–water partition coefficient (Wildman–Crippen LogP) is 5.83. The van der Waals surface area contributed by atoms with E-state index in [2.05, 4.69) is 50.8 Å². The molecule has 0 heterocycles. The zero-order valence-corrected chi connectivity index (χ0v) is 17.6. The molecule has 1 atom stereocenters. The minimum Gasteiger partial charge on any atom is -0.507 e. The molecule has 2 nitrogen and oxygen atoms in total. The first kappa shape index (κ1) is 19.8. The molecule has 0 saturated heterocycles. The number of hydrogen-bond acceptors (Lipinski definition) is 2. The second-order valence-electron chi connectivity index (χ2n) is 9.11. The molecule has 2 rings (SSSR count). The number of rotatable bonds is 2. The van der Waals surface area contributed by atoms with E-state index in [1.165, 1.54) is 0 Å². The van der Waals surface area contributed by atoms with E-state index >= 15 is 0 Å². The number of para-hydroxylation sites is 2. The topological polar surface area (TPSA) is 40.5 Å². The third kappa shape index (κ3) is 3.70. The number of aromatic hydroxyl groups is 2. The molecular weight excluding hydrogens is 327 g/mol. The normalized spacial score (nSPS) is 13.1. The molecule has 0 aliphatic carbocycles. The van der Waals surface area contributed by atoms with Crippen LogP contribution in [0.15, 0.2) is 36.4 Å². The van der Waals surface area contributed by atoms with Gasteiger partial charge in [0.05, 0.1) is 0 Å². The molecule has 0 aromatic heterocycles. The van der Waals surface area contributed by atoms with Crippen molar-refractivity contribution in [3.8, 4) is 11.5 Å². The fraction of sp³-hybridized carbons (Fsp3) is 0.455. The maximum absolute atomic E-state index is 10.9. The van der Waals surface area contributed by atoms with Crippen molar-refractivity contribution in [2.24, 2.45) is 0 Å². The molecule has 0 amide bonds. The Morgan fingerprint density at radius 1 is 0.600 bits per heavy atom. The van der Waals surface area contributed by atoms with E-state index < -0.39 is 5.16 Å². The predicted molar refractivity (Wildman–Crippen MR) is 110 cm³/mol. The van der Waals surface area contributed by atoms with Crippen LogP contribution in [-0.2, 0) is 16.0 Å². The first-order chi connectivity index (χ1) is 11.3. The Hall–Kier alpha value is -1.53. The van der Waals surface area contributed by atoms with Crippen molar-refractivity contribution < 1.29 is 10.2 Å². The summed E-state index contributed by atoms with van der Waals surface area (Å²) >= 11 is 0. The fourth-order valence-electron chi connectivity index (χ4n) is 3.28. The van der Waals surface area contributed by atoms with Gasteiger partial charge in [-0.2, -0.15) is 0 Å². The van der Waals surface area contributed by atoms with E-state index in [0.717, 1.165) is 22.3 Å². The van der Waals surface area contributed by atoms with Gasteiger partial charge in [0.2, 0.25) is 0 Å². The van der Waals surface area contributed by atoms with Crippen molar-refractivity contribution >= 4 is 9.24 Å². The molecule has 2 aromatic rings. The quantitative estimate of drug-likeness (QED) is 0.663. The van der Waals surface area contributed by atoms with Crippen molar-refractivity contribution in [1.29, 1.82) is 0 Å². The van der Waals surface area contributed by atoms with Crippen LogP contribution in [-0.4, -0.2) is 10.2 Å². The largest absolute Gasteiger partial charge is 0.507 e. The molecule has 0 saturated carbocycles. The van der Waals surface area contributed by atoms with Gasteiger partial charge in [-0.1, -0.05) is 77.9 Å². The van der Waals surface area contributed by atoms with Crippen LogP contribution in [0.25, 0.3) is 0 Å². The van der Waals surface area contributed by atoms with Gasteiger partial charge < -0.3 is 10.2 Å². The summed E-state index contributed by atoms with van der Waals surface area (Å²) < 4.78 is 0. The molecular formula is C22H31O2P. The molecule has 1 unspecified atom stereocenters. The molecule has 0 aliphatic heterocycles. The van der Waals surface area contributed by atoms with E-state index in [0.29, 0.717) is 11.5 Å². The van der Waals surface area contributed by atoms with E-state index in [1.807, 2.05) is 43.3 Å². The van der Waals surface area contributed by atoms with Gasteiger partial charge in [0.25, 0.3) is 0 Å². The zero-order valence-electron chi connectivity index (χ0n) is 16.4. The van der Waals surface area contributed by atoms with Gasteiger partial charge in [-0.25, -0.2) is 0 Å². The lowest BCUT2D eigenvalue weighted by Gasteiger charge is -2.32. The molecule has 25 heavy (non-hydrogen) atoms. The van der Waals surface area contributed by atoms with Gasteiger partial charge in [-0.05, 0) is 28.9 Å². The average Bonchev–Trinajstić information content (AvgIpc) is 2.44. The number of phenols is 2. The van der Waals surface area contributed by atoms with Gasteiger partial charge in [-0.3, -0.25) is 0 Å². The Balaban J connectivity index is 2.69.